The molecule has 1 aromatic rings. The van der Waals surface area contributed by atoms with Gasteiger partial charge in [0, 0.05) is 12.3 Å². The lowest BCUT2D eigenvalue weighted by Crippen LogP contribution is -2.31. The maximum atomic E-state index is 12.3. The van der Waals surface area contributed by atoms with Gasteiger partial charge in [-0.05, 0) is 0 Å². The minimum absolute atomic E-state index is 0.220. The molecule has 0 aliphatic carbocycles. The predicted molar refractivity (Wildman–Crippen MR) is 47.5 cm³/mol. The second-order valence-corrected chi connectivity index (χ2v) is 2.82. The third-order valence-corrected chi connectivity index (χ3v) is 1.74. The number of nitro groups is 1. The van der Waals surface area contributed by atoms with Gasteiger partial charge in [-0.1, -0.05) is 0 Å². The fourth-order valence-electron chi connectivity index (χ4n) is 0.991. The van der Waals surface area contributed by atoms with Crippen LogP contribution in [0, 0.1) is 10.1 Å². The van der Waals surface area contributed by atoms with Gasteiger partial charge in [-0.15, -0.1) is 0 Å². The van der Waals surface area contributed by atoms with Gasteiger partial charge in [0.25, 0.3) is 5.91 Å². The lowest BCUT2D eigenvalue weighted by Gasteiger charge is -2.07. The highest BCUT2D eigenvalue weighted by Gasteiger charge is 2.34. The molecule has 3 N–H and O–H groups in total. The van der Waals surface area contributed by atoms with Crippen LogP contribution in [0.2, 0.25) is 0 Å². The van der Waals surface area contributed by atoms with E-state index >= 15 is 0 Å². The molecule has 0 spiro atoms. The van der Waals surface area contributed by atoms with Crippen LogP contribution in [0.25, 0.3) is 0 Å². The number of nitrogen functional groups attached to an aromatic ring is 1. The number of hydrazine groups is 1. The summed E-state index contributed by atoms with van der Waals surface area (Å²) >= 11 is 0. The van der Waals surface area contributed by atoms with Gasteiger partial charge in [-0.2, -0.15) is 13.2 Å². The van der Waals surface area contributed by atoms with Crippen molar-refractivity contribution in [1.82, 2.24) is 10.4 Å². The second kappa shape index (κ2) is 4.33. The third kappa shape index (κ3) is 2.66. The summed E-state index contributed by atoms with van der Waals surface area (Å²) in [5, 5.41) is 10.5. The molecule has 1 rings (SSSR count). The van der Waals surface area contributed by atoms with Crippen LogP contribution in [0.15, 0.2) is 12.3 Å². The SMILES string of the molecule is NNC(=O)c1ncc(C(F)(F)F)cc1[N+](=O)[O-]. The lowest BCUT2D eigenvalue weighted by atomic mass is 10.2. The van der Waals surface area contributed by atoms with Crippen molar-refractivity contribution in [1.29, 1.82) is 0 Å². The normalized spacial score (nSPS) is 11.1. The summed E-state index contributed by atoms with van der Waals surface area (Å²) in [5.74, 6) is 3.56. The van der Waals surface area contributed by atoms with Crippen LogP contribution in [0.1, 0.15) is 16.1 Å². The van der Waals surface area contributed by atoms with Gasteiger partial charge in [-0.25, -0.2) is 10.8 Å². The smallest absolute Gasteiger partial charge is 0.289 e. The Balaban J connectivity index is 3.37. The standard InChI is InChI=1S/C7H5F3N4O3/c8-7(9,10)3-1-4(14(16)17)5(12-2-3)6(15)13-11/h1-2H,11H2,(H,13,15). The maximum Gasteiger partial charge on any atom is 0.418 e. The number of aromatic nitrogens is 1. The summed E-state index contributed by atoms with van der Waals surface area (Å²) in [5.41, 5.74) is -1.63. The number of carbonyl (C=O) groups excluding carboxylic acids is 1. The van der Waals surface area contributed by atoms with Crippen LogP contribution in [-0.4, -0.2) is 15.8 Å². The Bertz CT molecular complexity index is 474. The number of amides is 1. The van der Waals surface area contributed by atoms with Gasteiger partial charge in [0.05, 0.1) is 10.5 Å². The second-order valence-electron chi connectivity index (χ2n) is 2.82. The molecule has 1 heterocycles. The van der Waals surface area contributed by atoms with Crippen LogP contribution >= 0.6 is 0 Å². The number of halogens is 3. The first-order valence-corrected chi connectivity index (χ1v) is 4.00. The highest BCUT2D eigenvalue weighted by atomic mass is 19.4. The Kier molecular flexibility index (Phi) is 3.27. The number of rotatable bonds is 2. The fraction of sp³-hybridized carbons (Fsp3) is 0.143. The van der Waals surface area contributed by atoms with Crippen molar-refractivity contribution >= 4 is 11.6 Å². The minimum atomic E-state index is -4.78. The van der Waals surface area contributed by atoms with E-state index in [1.807, 2.05) is 0 Å². The van der Waals surface area contributed by atoms with E-state index < -0.39 is 34.0 Å². The fourth-order valence-corrected chi connectivity index (χ4v) is 0.991. The average Bonchev–Trinajstić information content (AvgIpc) is 2.25. The molecular weight excluding hydrogens is 245 g/mol. The van der Waals surface area contributed by atoms with Crippen molar-refractivity contribution in [3.63, 3.8) is 0 Å². The van der Waals surface area contributed by atoms with Crippen LogP contribution in [0.5, 0.6) is 0 Å². The van der Waals surface area contributed by atoms with E-state index in [9.17, 15) is 28.1 Å². The van der Waals surface area contributed by atoms with Gasteiger partial charge in [0.2, 0.25) is 5.69 Å². The molecule has 0 saturated heterocycles. The van der Waals surface area contributed by atoms with Crippen molar-refractivity contribution < 1.29 is 22.9 Å². The first kappa shape index (κ1) is 12.8. The van der Waals surface area contributed by atoms with E-state index in [0.29, 0.717) is 6.20 Å². The first-order valence-electron chi connectivity index (χ1n) is 4.00. The molecule has 0 aliphatic rings. The Morgan fingerprint density at radius 2 is 2.12 bits per heavy atom. The lowest BCUT2D eigenvalue weighted by molar-refractivity contribution is -0.385. The van der Waals surface area contributed by atoms with Gasteiger partial charge in [0.15, 0.2) is 0 Å². The molecule has 0 aromatic carbocycles. The number of nitrogens with one attached hydrogen (secondary N) is 1. The van der Waals surface area contributed by atoms with Crippen molar-refractivity contribution in [3.8, 4) is 0 Å². The summed E-state index contributed by atoms with van der Waals surface area (Å²) in [4.78, 5) is 23.5. The summed E-state index contributed by atoms with van der Waals surface area (Å²) in [6, 6.07) is 0.220. The number of nitrogens with two attached hydrogens (primary N) is 1. The Morgan fingerprint density at radius 3 is 2.53 bits per heavy atom. The molecule has 0 radical (unpaired) electrons. The van der Waals surface area contributed by atoms with Crippen molar-refractivity contribution in [3.05, 3.63) is 33.6 Å². The third-order valence-electron chi connectivity index (χ3n) is 1.74. The van der Waals surface area contributed by atoms with Crippen molar-refractivity contribution in [2.24, 2.45) is 5.84 Å². The zero-order valence-corrected chi connectivity index (χ0v) is 7.99. The maximum absolute atomic E-state index is 12.3. The van der Waals surface area contributed by atoms with Crippen LogP contribution in [0.4, 0.5) is 18.9 Å². The number of hydrogen-bond donors (Lipinski definition) is 2. The van der Waals surface area contributed by atoms with Gasteiger partial charge in [-0.3, -0.25) is 20.3 Å². The van der Waals surface area contributed by atoms with Crippen molar-refractivity contribution in [2.45, 2.75) is 6.18 Å². The molecule has 92 valence electrons. The zero-order chi connectivity index (χ0) is 13.2. The Morgan fingerprint density at radius 1 is 1.53 bits per heavy atom. The van der Waals surface area contributed by atoms with Crippen LogP contribution < -0.4 is 11.3 Å². The van der Waals surface area contributed by atoms with Crippen molar-refractivity contribution in [2.75, 3.05) is 0 Å². The van der Waals surface area contributed by atoms with Gasteiger partial charge in [0.1, 0.15) is 0 Å². The molecule has 7 nitrogen and oxygen atoms in total. The van der Waals surface area contributed by atoms with Gasteiger partial charge >= 0.3 is 11.9 Å². The molecule has 0 saturated carbocycles. The van der Waals surface area contributed by atoms with E-state index in [-0.39, 0.29) is 6.07 Å². The average molecular weight is 250 g/mol. The summed E-state index contributed by atoms with van der Waals surface area (Å²) in [6.07, 6.45) is -4.47. The largest absolute Gasteiger partial charge is 0.418 e. The number of pyridine rings is 1. The van der Waals surface area contributed by atoms with Crippen LogP contribution in [0.3, 0.4) is 0 Å². The van der Waals surface area contributed by atoms with E-state index in [2.05, 4.69) is 4.98 Å². The quantitative estimate of drug-likeness (QED) is 0.345. The minimum Gasteiger partial charge on any atom is -0.289 e. The Hall–Kier alpha value is -2.23. The first-order chi connectivity index (χ1) is 7.77. The molecule has 0 fully saturated rings. The summed E-state index contributed by atoms with van der Waals surface area (Å²) in [7, 11) is 0. The number of hydrogen-bond acceptors (Lipinski definition) is 5. The molecule has 0 aliphatic heterocycles. The molecule has 0 bridgehead atoms. The number of nitrogens with zero attached hydrogens (tertiary/aromatic N) is 2. The summed E-state index contributed by atoms with van der Waals surface area (Å²) in [6.45, 7) is 0. The van der Waals surface area contributed by atoms with E-state index in [0.717, 1.165) is 0 Å². The molecule has 0 atom stereocenters. The van der Waals surface area contributed by atoms with Crippen LogP contribution in [-0.2, 0) is 6.18 Å². The summed E-state index contributed by atoms with van der Waals surface area (Å²) < 4.78 is 36.8. The van der Waals surface area contributed by atoms with E-state index in [1.165, 1.54) is 0 Å². The number of carbonyl (C=O) groups is 1. The number of alkyl halides is 3. The monoisotopic (exact) mass is 250 g/mol. The van der Waals surface area contributed by atoms with Gasteiger partial charge < -0.3 is 0 Å². The highest BCUT2D eigenvalue weighted by Crippen LogP contribution is 2.31. The molecule has 17 heavy (non-hydrogen) atoms. The molecule has 1 amide bonds. The highest BCUT2D eigenvalue weighted by molar-refractivity contribution is 5.95. The Labute approximate surface area is 91.6 Å². The predicted octanol–water partition coefficient (Wildman–Crippen LogP) is 0.612. The topological polar surface area (TPSA) is 111 Å². The van der Waals surface area contributed by atoms with E-state index in [1.54, 1.807) is 5.43 Å². The van der Waals surface area contributed by atoms with E-state index in [4.69, 9.17) is 5.84 Å². The zero-order valence-electron chi connectivity index (χ0n) is 7.99. The molecule has 0 unspecified atom stereocenters. The molecule has 10 heteroatoms. The molecule has 1 aromatic heterocycles. The molecular formula is C7H5F3N4O3.